The molecule has 0 saturated carbocycles. The standard InChI is InChI=1S/2C15H19ClF2NO.2C5H5.Ti/c2*1-3-5-8-19(15(20)11(4-2)10-16)14-7-6-12(17)9-13(14)18;2*1-2-4-5-3-1;/h2*6-7,11H,3-5,8,10H2,1-2H3;2*1-3H,4H2;/q4*-1;+4. The van der Waals surface area contributed by atoms with Crippen molar-refractivity contribution in [2.24, 2.45) is 11.8 Å². The van der Waals surface area contributed by atoms with Crippen molar-refractivity contribution in [2.45, 2.75) is 79.1 Å². The maximum atomic E-state index is 13.8. The number of alkyl halides is 2. The van der Waals surface area contributed by atoms with Gasteiger partial charge in [0.25, 0.3) is 0 Å². The van der Waals surface area contributed by atoms with E-state index in [1.165, 1.54) is 21.9 Å². The van der Waals surface area contributed by atoms with E-state index in [0.29, 0.717) is 25.9 Å². The summed E-state index contributed by atoms with van der Waals surface area (Å²) >= 11 is 11.6. The zero-order chi connectivity index (χ0) is 37.3. The second-order valence-corrected chi connectivity index (χ2v) is 11.8. The molecule has 0 bridgehead atoms. The predicted octanol–water partition coefficient (Wildman–Crippen LogP) is 10.9. The third-order valence-electron chi connectivity index (χ3n) is 7.50. The summed E-state index contributed by atoms with van der Waals surface area (Å²) in [6.07, 6.45) is 24.4. The second kappa shape index (κ2) is 28.9. The molecule has 2 aliphatic carbocycles. The minimum Gasteiger partial charge on any atom is -0.363 e. The molecule has 2 amide bonds. The molecule has 2 atom stereocenters. The number of hydrogen-bond donors (Lipinski definition) is 0. The summed E-state index contributed by atoms with van der Waals surface area (Å²) in [5, 5.41) is 0. The van der Waals surface area contributed by atoms with E-state index in [9.17, 15) is 27.2 Å². The van der Waals surface area contributed by atoms with Gasteiger partial charge in [-0.05, 0) is 37.1 Å². The van der Waals surface area contributed by atoms with Crippen LogP contribution < -0.4 is 9.80 Å². The van der Waals surface area contributed by atoms with Gasteiger partial charge in [-0.3, -0.25) is 21.7 Å². The van der Waals surface area contributed by atoms with Crippen molar-refractivity contribution in [3.8, 4) is 0 Å². The van der Waals surface area contributed by atoms with Gasteiger partial charge in [-0.15, -0.1) is 72.4 Å². The van der Waals surface area contributed by atoms with Crippen molar-refractivity contribution < 1.29 is 48.9 Å². The molecule has 2 aromatic rings. The van der Waals surface area contributed by atoms with Crippen LogP contribution in [-0.2, 0) is 31.3 Å². The average molecular weight is 784 g/mol. The maximum Gasteiger partial charge on any atom is 4.00 e. The van der Waals surface area contributed by atoms with E-state index >= 15 is 0 Å². The third kappa shape index (κ3) is 18.1. The number of allylic oxidation sites excluding steroid dienone is 8. The molecule has 0 aliphatic heterocycles. The number of carbonyl (C=O) groups is 2. The molecule has 0 fully saturated rings. The van der Waals surface area contributed by atoms with Crippen LogP contribution >= 0.6 is 23.2 Å². The van der Waals surface area contributed by atoms with Crippen LogP contribution in [-0.4, -0.2) is 36.7 Å². The van der Waals surface area contributed by atoms with E-state index in [-0.39, 0.29) is 68.5 Å². The molecule has 11 heteroatoms. The molecule has 2 unspecified atom stereocenters. The Morgan fingerprint density at radius 1 is 0.686 bits per heavy atom. The van der Waals surface area contributed by atoms with E-state index < -0.39 is 23.3 Å². The van der Waals surface area contributed by atoms with Crippen molar-refractivity contribution in [1.82, 2.24) is 0 Å². The summed E-state index contributed by atoms with van der Waals surface area (Å²) in [5.74, 6) is -4.06. The monoisotopic (exact) mass is 782 g/mol. The van der Waals surface area contributed by atoms with Crippen LogP contribution in [0.15, 0.2) is 60.7 Å². The summed E-state index contributed by atoms with van der Waals surface area (Å²) in [6.45, 7) is 8.45. The van der Waals surface area contributed by atoms with E-state index in [4.69, 9.17) is 23.2 Å². The third-order valence-corrected chi connectivity index (χ3v) is 8.24. The molecule has 4 nitrogen and oxygen atoms in total. The number of rotatable bonds is 14. The van der Waals surface area contributed by atoms with Gasteiger partial charge < -0.3 is 9.80 Å². The Balaban J connectivity index is 0.000000754. The fourth-order valence-electron chi connectivity index (χ4n) is 4.44. The summed E-state index contributed by atoms with van der Waals surface area (Å²) < 4.78 is 53.5. The molecule has 2 aromatic carbocycles. The minimum atomic E-state index is -0.848. The fourth-order valence-corrected chi connectivity index (χ4v) is 5.14. The van der Waals surface area contributed by atoms with E-state index in [1.807, 2.05) is 64.1 Å². The first-order valence-corrected chi connectivity index (χ1v) is 18.1. The number of benzene rings is 2. The Labute approximate surface area is 327 Å². The van der Waals surface area contributed by atoms with Gasteiger partial charge in [0.1, 0.15) is 0 Å². The van der Waals surface area contributed by atoms with Crippen LogP contribution in [0.3, 0.4) is 0 Å². The molecule has 0 heterocycles. The van der Waals surface area contributed by atoms with Gasteiger partial charge in [-0.1, -0.05) is 40.5 Å². The quantitative estimate of drug-likeness (QED) is 0.0829. The van der Waals surface area contributed by atoms with Crippen LogP contribution in [0.1, 0.15) is 79.1 Å². The fraction of sp³-hybridized carbons (Fsp3) is 0.450. The Kier molecular flexibility index (Phi) is 27.4. The SMILES string of the molecule is CCCCN(C(=O)C(CC)CCl)c1ccc(F)[c-]c1F.CCCCN(C(=O)C(CC)CCl)c1ccc(F)[c-]c1F.[C-]1=CC=CC1.[C-]1=CC=CC1.[Ti+4]. The van der Waals surface area contributed by atoms with Gasteiger partial charge in [-0.25, -0.2) is 41.9 Å². The van der Waals surface area contributed by atoms with Crippen molar-refractivity contribution in [2.75, 3.05) is 34.6 Å². The van der Waals surface area contributed by atoms with Gasteiger partial charge in [0.05, 0.1) is 11.8 Å². The van der Waals surface area contributed by atoms with Crippen LogP contribution in [0.2, 0.25) is 0 Å². The first-order valence-electron chi connectivity index (χ1n) is 17.0. The van der Waals surface area contributed by atoms with Gasteiger partial charge >= 0.3 is 21.7 Å². The zero-order valence-electron chi connectivity index (χ0n) is 29.9. The number of amides is 2. The molecular weight excluding hydrogens is 735 g/mol. The molecule has 0 radical (unpaired) electrons. The average Bonchev–Trinajstić information content (AvgIpc) is 3.89. The molecule has 276 valence electrons. The van der Waals surface area contributed by atoms with Gasteiger partial charge in [-0.2, -0.15) is 12.2 Å². The largest absolute Gasteiger partial charge is 4.00 e. The van der Waals surface area contributed by atoms with Gasteiger partial charge in [0.2, 0.25) is 11.8 Å². The first kappa shape index (κ1) is 48.4. The molecule has 0 N–H and O–H groups in total. The van der Waals surface area contributed by atoms with Crippen molar-refractivity contribution in [1.29, 1.82) is 0 Å². The van der Waals surface area contributed by atoms with E-state index in [1.54, 1.807) is 0 Å². The predicted molar refractivity (Wildman–Crippen MR) is 197 cm³/mol. The molecule has 51 heavy (non-hydrogen) atoms. The maximum absolute atomic E-state index is 13.8. The second-order valence-electron chi connectivity index (χ2n) is 11.2. The summed E-state index contributed by atoms with van der Waals surface area (Å²) in [6, 6.07) is 8.68. The summed E-state index contributed by atoms with van der Waals surface area (Å²) in [7, 11) is 0. The van der Waals surface area contributed by atoms with E-state index in [0.717, 1.165) is 50.7 Å². The van der Waals surface area contributed by atoms with Crippen LogP contribution in [0.4, 0.5) is 28.9 Å². The molecule has 4 rings (SSSR count). The molecule has 0 saturated heterocycles. The molecule has 2 aliphatic rings. The zero-order valence-corrected chi connectivity index (χ0v) is 33.0. The first-order chi connectivity index (χ1) is 24.1. The van der Waals surface area contributed by atoms with Crippen molar-refractivity contribution >= 4 is 46.4 Å². The van der Waals surface area contributed by atoms with Crippen molar-refractivity contribution in [3.63, 3.8) is 0 Å². The Morgan fingerprint density at radius 3 is 1.27 bits per heavy atom. The number of halogens is 6. The number of anilines is 2. The number of nitrogens with zero attached hydrogens (tertiary/aromatic N) is 2. The smallest absolute Gasteiger partial charge is 0.363 e. The summed E-state index contributed by atoms with van der Waals surface area (Å²) in [4.78, 5) is 27.5. The summed E-state index contributed by atoms with van der Waals surface area (Å²) in [5.41, 5.74) is 0.127. The minimum absolute atomic E-state index is 0. The van der Waals surface area contributed by atoms with Gasteiger partial charge in [0.15, 0.2) is 0 Å². The van der Waals surface area contributed by atoms with Crippen molar-refractivity contribution in [3.05, 3.63) is 108 Å². The topological polar surface area (TPSA) is 40.6 Å². The van der Waals surface area contributed by atoms with Crippen LogP contribution in [0, 0.1) is 59.4 Å². The van der Waals surface area contributed by atoms with E-state index in [2.05, 4.69) is 24.3 Å². The molecule has 0 aromatic heterocycles. The van der Waals surface area contributed by atoms with Crippen LogP contribution in [0.25, 0.3) is 0 Å². The normalized spacial score (nSPS) is 13.1. The number of unbranched alkanes of at least 4 members (excludes halogenated alkanes) is 2. The van der Waals surface area contributed by atoms with Crippen LogP contribution in [0.5, 0.6) is 0 Å². The molecule has 0 spiro atoms. The number of hydrogen-bond acceptors (Lipinski definition) is 2. The number of carbonyl (C=O) groups excluding carboxylic acids is 2. The Bertz CT molecular complexity index is 1290. The molecular formula is C40H48Cl2F4N2O2Ti. The Morgan fingerprint density at radius 2 is 1.06 bits per heavy atom. The van der Waals surface area contributed by atoms with Gasteiger partial charge in [0, 0.05) is 48.1 Å². The Hall–Kier alpha value is -2.65.